The number of hydrogen-bond donors (Lipinski definition) is 2. The van der Waals surface area contributed by atoms with Gasteiger partial charge in [-0.25, -0.2) is 4.79 Å². The largest absolute Gasteiger partial charge is 0.548 e. The van der Waals surface area contributed by atoms with Gasteiger partial charge in [-0.2, -0.15) is 0 Å². The number of fused-ring (bicyclic) bond motifs is 1. The molecule has 9 nitrogen and oxygen atoms in total. The van der Waals surface area contributed by atoms with Crippen LogP contribution < -0.4 is 26.1 Å². The van der Waals surface area contributed by atoms with Crippen molar-refractivity contribution in [1.29, 1.82) is 0 Å². The molecule has 0 saturated heterocycles. The number of carboxylic acids is 1. The zero-order chi connectivity index (χ0) is 19.8. The highest BCUT2D eigenvalue weighted by Crippen LogP contribution is 2.23. The molecule has 2 amide bonds. The zero-order valence-electron chi connectivity index (χ0n) is 14.7. The predicted octanol–water partition coefficient (Wildman–Crippen LogP) is -0.893. The standard InChI is InChI=1S/C18H20N2O7/c1-2-3-11-6-18(25)27-14-7-12(4-5-13(11)14)26-10-16(22)19-8-15(21)20-9-17(23)24/h4-7H,2-3,8-10H2,1H3,(H,19,22)(H,20,21)(H,23,24)/p-1. The fraction of sp³-hybridized carbons (Fsp3) is 0.333. The predicted molar refractivity (Wildman–Crippen MR) is 93.0 cm³/mol. The number of carboxylic acid groups (broad SMARTS) is 1. The maximum Gasteiger partial charge on any atom is 0.336 e. The third-order valence-corrected chi connectivity index (χ3v) is 3.57. The first-order valence-corrected chi connectivity index (χ1v) is 8.32. The summed E-state index contributed by atoms with van der Waals surface area (Å²) in [6.45, 7) is 0.628. The Morgan fingerprint density at radius 2 is 1.85 bits per heavy atom. The molecule has 2 rings (SSSR count). The SMILES string of the molecule is CCCc1cc(=O)oc2cc(OCC(=O)NCC(=O)NCC(=O)[O-])ccc12. The third kappa shape index (κ3) is 6.14. The molecule has 0 fully saturated rings. The summed E-state index contributed by atoms with van der Waals surface area (Å²) in [5, 5.41) is 15.4. The summed E-state index contributed by atoms with van der Waals surface area (Å²) in [6.07, 6.45) is 1.62. The van der Waals surface area contributed by atoms with Gasteiger partial charge in [0.1, 0.15) is 11.3 Å². The molecule has 0 saturated carbocycles. The molecule has 2 N–H and O–H groups in total. The second-order valence-corrected chi connectivity index (χ2v) is 5.71. The van der Waals surface area contributed by atoms with Crippen molar-refractivity contribution < 1.29 is 28.6 Å². The number of amides is 2. The van der Waals surface area contributed by atoms with Crippen molar-refractivity contribution in [2.75, 3.05) is 19.7 Å². The van der Waals surface area contributed by atoms with E-state index in [1.54, 1.807) is 12.1 Å². The summed E-state index contributed by atoms with van der Waals surface area (Å²) in [5.41, 5.74) is 0.796. The summed E-state index contributed by atoms with van der Waals surface area (Å²) in [7, 11) is 0. The van der Waals surface area contributed by atoms with E-state index in [0.717, 1.165) is 23.8 Å². The van der Waals surface area contributed by atoms with E-state index in [-0.39, 0.29) is 13.2 Å². The highest BCUT2D eigenvalue weighted by molar-refractivity contribution is 5.87. The van der Waals surface area contributed by atoms with Gasteiger partial charge in [0.2, 0.25) is 5.91 Å². The number of rotatable bonds is 9. The lowest BCUT2D eigenvalue weighted by atomic mass is 10.1. The smallest absolute Gasteiger partial charge is 0.336 e. The van der Waals surface area contributed by atoms with E-state index in [0.29, 0.717) is 11.3 Å². The number of hydrogen-bond acceptors (Lipinski definition) is 7. The first-order valence-electron chi connectivity index (χ1n) is 8.32. The molecule has 0 aliphatic carbocycles. The lowest BCUT2D eigenvalue weighted by Gasteiger charge is -2.09. The Labute approximate surface area is 154 Å². The lowest BCUT2D eigenvalue weighted by molar-refractivity contribution is -0.304. The van der Waals surface area contributed by atoms with Crippen LogP contribution in [0.2, 0.25) is 0 Å². The van der Waals surface area contributed by atoms with Gasteiger partial charge in [-0.15, -0.1) is 0 Å². The van der Waals surface area contributed by atoms with E-state index in [1.807, 2.05) is 6.92 Å². The number of aliphatic carboxylic acids is 1. The topological polar surface area (TPSA) is 138 Å². The van der Waals surface area contributed by atoms with Crippen LogP contribution in [0.4, 0.5) is 0 Å². The fourth-order valence-electron chi connectivity index (χ4n) is 2.39. The Bertz CT molecular complexity index is 904. The molecule has 0 unspecified atom stereocenters. The van der Waals surface area contributed by atoms with Crippen LogP contribution in [0.1, 0.15) is 18.9 Å². The highest BCUT2D eigenvalue weighted by Gasteiger charge is 2.09. The minimum Gasteiger partial charge on any atom is -0.548 e. The Kier molecular flexibility index (Phi) is 6.93. The normalized spacial score (nSPS) is 10.4. The molecule has 0 aliphatic heterocycles. The fourth-order valence-corrected chi connectivity index (χ4v) is 2.39. The van der Waals surface area contributed by atoms with Crippen molar-refractivity contribution >= 4 is 28.8 Å². The van der Waals surface area contributed by atoms with Crippen LogP contribution in [0.5, 0.6) is 5.75 Å². The Balaban J connectivity index is 1.93. The maximum absolute atomic E-state index is 11.7. The summed E-state index contributed by atoms with van der Waals surface area (Å²) >= 11 is 0. The van der Waals surface area contributed by atoms with Gasteiger partial charge in [-0.3, -0.25) is 9.59 Å². The molecule has 144 valence electrons. The summed E-state index contributed by atoms with van der Waals surface area (Å²) in [5.74, 6) is -2.33. The monoisotopic (exact) mass is 375 g/mol. The first kappa shape index (κ1) is 20.0. The number of carbonyl (C=O) groups is 3. The molecule has 1 aromatic heterocycles. The van der Waals surface area contributed by atoms with Crippen molar-refractivity contribution in [3.05, 3.63) is 40.2 Å². The van der Waals surface area contributed by atoms with Gasteiger partial charge in [0.15, 0.2) is 6.61 Å². The maximum atomic E-state index is 11.7. The molecule has 0 atom stereocenters. The second kappa shape index (κ2) is 9.37. The van der Waals surface area contributed by atoms with Crippen LogP contribution in [0.25, 0.3) is 11.0 Å². The average Bonchev–Trinajstić information content (AvgIpc) is 2.62. The average molecular weight is 375 g/mol. The lowest BCUT2D eigenvalue weighted by Crippen LogP contribution is -2.43. The molecule has 0 bridgehead atoms. The molecule has 1 aromatic carbocycles. The first-order chi connectivity index (χ1) is 12.9. The van der Waals surface area contributed by atoms with E-state index < -0.39 is 30.0 Å². The minimum atomic E-state index is -1.43. The number of aryl methyl sites for hydroxylation is 1. The van der Waals surface area contributed by atoms with Crippen molar-refractivity contribution in [1.82, 2.24) is 10.6 Å². The van der Waals surface area contributed by atoms with E-state index in [1.165, 1.54) is 12.1 Å². The molecule has 27 heavy (non-hydrogen) atoms. The number of carbonyl (C=O) groups excluding carboxylic acids is 3. The molecule has 9 heteroatoms. The molecular formula is C18H19N2O7-. The quantitative estimate of drug-likeness (QED) is 0.542. The van der Waals surface area contributed by atoms with Crippen molar-refractivity contribution in [3.63, 3.8) is 0 Å². The van der Waals surface area contributed by atoms with Gasteiger partial charge in [0.05, 0.1) is 19.1 Å². The molecule has 2 aromatic rings. The second-order valence-electron chi connectivity index (χ2n) is 5.71. The van der Waals surface area contributed by atoms with Crippen molar-refractivity contribution in [2.45, 2.75) is 19.8 Å². The van der Waals surface area contributed by atoms with Crippen LogP contribution in [-0.2, 0) is 20.8 Å². The Morgan fingerprint density at radius 1 is 1.11 bits per heavy atom. The van der Waals surface area contributed by atoms with Crippen molar-refractivity contribution in [3.8, 4) is 5.75 Å². The molecule has 0 spiro atoms. The van der Waals surface area contributed by atoms with Crippen LogP contribution in [0.15, 0.2) is 33.5 Å². The van der Waals surface area contributed by atoms with Crippen LogP contribution in [-0.4, -0.2) is 37.5 Å². The minimum absolute atomic E-state index is 0.329. The Hall–Kier alpha value is -3.36. The summed E-state index contributed by atoms with van der Waals surface area (Å²) < 4.78 is 10.5. The number of benzene rings is 1. The molecule has 0 aliphatic rings. The van der Waals surface area contributed by atoms with Gasteiger partial charge >= 0.3 is 5.63 Å². The molecular weight excluding hydrogens is 356 g/mol. The third-order valence-electron chi connectivity index (χ3n) is 3.57. The summed E-state index contributed by atoms with van der Waals surface area (Å²) in [6, 6.07) is 6.40. The van der Waals surface area contributed by atoms with Crippen LogP contribution in [0.3, 0.4) is 0 Å². The number of ether oxygens (including phenoxy) is 1. The highest BCUT2D eigenvalue weighted by atomic mass is 16.5. The van der Waals surface area contributed by atoms with Gasteiger partial charge in [-0.1, -0.05) is 13.3 Å². The Morgan fingerprint density at radius 3 is 2.56 bits per heavy atom. The van der Waals surface area contributed by atoms with Gasteiger partial charge in [-0.05, 0) is 24.1 Å². The zero-order valence-corrected chi connectivity index (χ0v) is 14.7. The molecule has 1 heterocycles. The van der Waals surface area contributed by atoms with Crippen LogP contribution in [0, 0.1) is 0 Å². The van der Waals surface area contributed by atoms with Gasteiger partial charge in [0.25, 0.3) is 5.91 Å². The van der Waals surface area contributed by atoms with Crippen LogP contribution >= 0.6 is 0 Å². The van der Waals surface area contributed by atoms with E-state index in [2.05, 4.69) is 10.6 Å². The summed E-state index contributed by atoms with van der Waals surface area (Å²) in [4.78, 5) is 44.9. The molecule has 0 radical (unpaired) electrons. The number of nitrogens with one attached hydrogen (secondary N) is 2. The van der Waals surface area contributed by atoms with Crippen molar-refractivity contribution in [2.24, 2.45) is 0 Å². The van der Waals surface area contributed by atoms with E-state index in [9.17, 15) is 24.3 Å². The van der Waals surface area contributed by atoms with Gasteiger partial charge < -0.3 is 29.7 Å². The van der Waals surface area contributed by atoms with E-state index in [4.69, 9.17) is 9.15 Å². The van der Waals surface area contributed by atoms with Gasteiger partial charge in [0, 0.05) is 17.5 Å². The van der Waals surface area contributed by atoms with E-state index >= 15 is 0 Å².